The smallest absolute Gasteiger partial charge is 0.145 e. The molecule has 1 aromatic rings. The first-order chi connectivity index (χ1) is 7.68. The van der Waals surface area contributed by atoms with Gasteiger partial charge in [-0.1, -0.05) is 12.1 Å². The van der Waals surface area contributed by atoms with Crippen LogP contribution in [0.5, 0.6) is 5.75 Å². The Hall–Kier alpha value is -1.22. The molecule has 0 radical (unpaired) electrons. The Bertz CT molecular complexity index is 412. The summed E-state index contributed by atoms with van der Waals surface area (Å²) in [5.74, 6) is 0.969. The van der Waals surface area contributed by atoms with Crippen molar-refractivity contribution < 1.29 is 9.84 Å². The van der Waals surface area contributed by atoms with Crippen LogP contribution in [0.3, 0.4) is 0 Å². The molecule has 0 saturated heterocycles. The molecule has 0 aromatic heterocycles. The number of likely N-dealkylation sites (N-methyl/N-ethyl adjacent to an activating group) is 1. The Kier molecular flexibility index (Phi) is 2.11. The molecule has 0 bridgehead atoms. The summed E-state index contributed by atoms with van der Waals surface area (Å²) in [5.41, 5.74) is 1.84. The first kappa shape index (κ1) is 9.97. The summed E-state index contributed by atoms with van der Waals surface area (Å²) in [6, 6.07) is 6.19. The Morgan fingerprint density at radius 3 is 3.00 bits per heavy atom. The number of benzene rings is 1. The highest BCUT2D eigenvalue weighted by atomic mass is 16.5. The molecule has 1 fully saturated rings. The molecular weight excluding hydrogens is 202 g/mol. The second-order valence-corrected chi connectivity index (χ2v) is 4.94. The maximum Gasteiger partial charge on any atom is 0.145 e. The van der Waals surface area contributed by atoms with Gasteiger partial charge in [-0.25, -0.2) is 0 Å². The van der Waals surface area contributed by atoms with E-state index in [2.05, 4.69) is 24.1 Å². The van der Waals surface area contributed by atoms with Gasteiger partial charge in [0, 0.05) is 13.5 Å². The normalized spacial score (nSPS) is 21.2. The summed E-state index contributed by atoms with van der Waals surface area (Å²) >= 11 is 0. The van der Waals surface area contributed by atoms with Crippen LogP contribution in [0.25, 0.3) is 0 Å². The van der Waals surface area contributed by atoms with E-state index in [0.29, 0.717) is 0 Å². The third kappa shape index (κ3) is 1.65. The number of ether oxygens (including phenoxy) is 1. The van der Waals surface area contributed by atoms with Crippen LogP contribution in [0.15, 0.2) is 18.2 Å². The molecular formula is C13H17NO2. The van der Waals surface area contributed by atoms with E-state index < -0.39 is 5.60 Å². The maximum absolute atomic E-state index is 9.98. The molecule has 3 heteroatoms. The molecule has 16 heavy (non-hydrogen) atoms. The monoisotopic (exact) mass is 219 g/mol. The van der Waals surface area contributed by atoms with E-state index in [4.69, 9.17) is 4.74 Å². The summed E-state index contributed by atoms with van der Waals surface area (Å²) in [5, 5.41) is 9.98. The van der Waals surface area contributed by atoms with Gasteiger partial charge >= 0.3 is 0 Å². The fourth-order valence-corrected chi connectivity index (χ4v) is 2.26. The van der Waals surface area contributed by atoms with Gasteiger partial charge in [-0.2, -0.15) is 0 Å². The van der Waals surface area contributed by atoms with Crippen LogP contribution in [-0.4, -0.2) is 30.9 Å². The van der Waals surface area contributed by atoms with Crippen molar-refractivity contribution in [3.63, 3.8) is 0 Å². The van der Waals surface area contributed by atoms with Crippen molar-refractivity contribution in [2.24, 2.45) is 0 Å². The van der Waals surface area contributed by atoms with Crippen LogP contribution in [0, 0.1) is 0 Å². The van der Waals surface area contributed by atoms with E-state index >= 15 is 0 Å². The van der Waals surface area contributed by atoms with Crippen LogP contribution >= 0.6 is 0 Å². The molecule has 1 N–H and O–H groups in total. The molecule has 0 atom stereocenters. The number of nitrogens with zero attached hydrogens (tertiary/aromatic N) is 1. The van der Waals surface area contributed by atoms with Crippen LogP contribution < -0.4 is 9.64 Å². The van der Waals surface area contributed by atoms with Gasteiger partial charge in [0.05, 0.1) is 17.8 Å². The largest absolute Gasteiger partial charge is 0.489 e. The number of hydrogen-bond acceptors (Lipinski definition) is 3. The Labute approximate surface area is 95.6 Å². The number of aliphatic hydroxyl groups is 1. The van der Waals surface area contributed by atoms with Gasteiger partial charge in [0.15, 0.2) is 0 Å². The lowest BCUT2D eigenvalue weighted by Crippen LogP contribution is -2.29. The second-order valence-electron chi connectivity index (χ2n) is 4.94. The van der Waals surface area contributed by atoms with Gasteiger partial charge in [0.1, 0.15) is 12.4 Å². The lowest BCUT2D eigenvalue weighted by atomic mass is 10.0. The average molecular weight is 219 g/mol. The van der Waals surface area contributed by atoms with Crippen molar-refractivity contribution in [2.45, 2.75) is 24.9 Å². The van der Waals surface area contributed by atoms with Crippen LogP contribution in [0.4, 0.5) is 5.69 Å². The molecule has 0 spiro atoms. The fraction of sp³-hybridized carbons (Fsp3) is 0.538. The van der Waals surface area contributed by atoms with Gasteiger partial charge in [-0.15, -0.1) is 0 Å². The number of hydrogen-bond donors (Lipinski definition) is 1. The van der Waals surface area contributed by atoms with Crippen LogP contribution in [-0.2, 0) is 6.42 Å². The quantitative estimate of drug-likeness (QED) is 0.819. The average Bonchev–Trinajstić information content (AvgIpc) is 2.98. The van der Waals surface area contributed by atoms with Crippen molar-refractivity contribution in [3.8, 4) is 5.75 Å². The van der Waals surface area contributed by atoms with Crippen molar-refractivity contribution in [2.75, 3.05) is 25.1 Å². The first-order valence-electron chi connectivity index (χ1n) is 5.86. The molecule has 2 aliphatic rings. The predicted molar refractivity (Wildman–Crippen MR) is 63.1 cm³/mol. The third-order valence-corrected chi connectivity index (χ3v) is 3.51. The minimum atomic E-state index is -0.450. The van der Waals surface area contributed by atoms with Crippen LogP contribution in [0.2, 0.25) is 0 Å². The molecule has 86 valence electrons. The second kappa shape index (κ2) is 3.39. The molecule has 1 aliphatic carbocycles. The molecule has 1 aliphatic heterocycles. The first-order valence-corrected chi connectivity index (χ1v) is 5.86. The molecule has 1 aromatic carbocycles. The fourth-order valence-electron chi connectivity index (χ4n) is 2.26. The topological polar surface area (TPSA) is 32.7 Å². The van der Waals surface area contributed by atoms with Gasteiger partial charge in [-0.05, 0) is 24.5 Å². The summed E-state index contributed by atoms with van der Waals surface area (Å²) < 4.78 is 5.75. The standard InChI is InChI=1S/C13H17NO2/c1-14-7-8-16-12-10(3-2-4-11(12)14)9-13(15)5-6-13/h2-4,15H,5-9H2,1H3. The zero-order valence-electron chi connectivity index (χ0n) is 9.57. The van der Waals surface area contributed by atoms with E-state index in [-0.39, 0.29) is 0 Å². The van der Waals surface area contributed by atoms with Gasteiger partial charge in [-0.3, -0.25) is 0 Å². The maximum atomic E-state index is 9.98. The third-order valence-electron chi connectivity index (χ3n) is 3.51. The molecule has 0 unspecified atom stereocenters. The Morgan fingerprint density at radius 2 is 2.25 bits per heavy atom. The minimum absolute atomic E-state index is 0.450. The summed E-state index contributed by atoms with van der Waals surface area (Å²) in [7, 11) is 2.08. The van der Waals surface area contributed by atoms with Crippen LogP contribution in [0.1, 0.15) is 18.4 Å². The molecule has 3 rings (SSSR count). The number of rotatable bonds is 2. The number of para-hydroxylation sites is 1. The molecule has 0 amide bonds. The highest BCUT2D eigenvalue weighted by Crippen LogP contribution is 2.42. The van der Waals surface area contributed by atoms with Crippen molar-refractivity contribution in [3.05, 3.63) is 23.8 Å². The molecule has 1 heterocycles. The van der Waals surface area contributed by atoms with Gasteiger partial charge in [0.25, 0.3) is 0 Å². The van der Waals surface area contributed by atoms with Crippen molar-refractivity contribution >= 4 is 5.69 Å². The van der Waals surface area contributed by atoms with Crippen molar-refractivity contribution in [1.29, 1.82) is 0 Å². The van der Waals surface area contributed by atoms with E-state index in [1.807, 2.05) is 6.07 Å². The summed E-state index contributed by atoms with van der Waals surface area (Å²) in [4.78, 5) is 2.21. The van der Waals surface area contributed by atoms with E-state index in [1.54, 1.807) is 0 Å². The summed E-state index contributed by atoms with van der Waals surface area (Å²) in [6.45, 7) is 1.67. The zero-order chi connectivity index (χ0) is 11.2. The highest BCUT2D eigenvalue weighted by Gasteiger charge is 2.41. The zero-order valence-corrected chi connectivity index (χ0v) is 9.57. The lowest BCUT2D eigenvalue weighted by molar-refractivity contribution is 0.149. The van der Waals surface area contributed by atoms with Gasteiger partial charge < -0.3 is 14.7 Å². The highest BCUT2D eigenvalue weighted by molar-refractivity contribution is 5.63. The minimum Gasteiger partial charge on any atom is -0.489 e. The molecule has 3 nitrogen and oxygen atoms in total. The lowest BCUT2D eigenvalue weighted by Gasteiger charge is -2.29. The summed E-state index contributed by atoms with van der Waals surface area (Å²) in [6.07, 6.45) is 2.57. The Morgan fingerprint density at radius 1 is 1.44 bits per heavy atom. The van der Waals surface area contributed by atoms with Crippen molar-refractivity contribution in [1.82, 2.24) is 0 Å². The van der Waals surface area contributed by atoms with E-state index in [9.17, 15) is 5.11 Å². The number of anilines is 1. The number of fused-ring (bicyclic) bond motifs is 1. The van der Waals surface area contributed by atoms with Gasteiger partial charge in [0.2, 0.25) is 0 Å². The predicted octanol–water partition coefficient (Wildman–Crippen LogP) is 1.58. The Balaban J connectivity index is 1.95. The molecule has 1 saturated carbocycles. The van der Waals surface area contributed by atoms with E-state index in [0.717, 1.165) is 49.4 Å². The SMILES string of the molecule is CN1CCOc2c(CC3(O)CC3)cccc21. The van der Waals surface area contributed by atoms with E-state index in [1.165, 1.54) is 0 Å².